The van der Waals surface area contributed by atoms with E-state index in [9.17, 15) is 15.0 Å². The SMILES string of the molecule is Cc1ccc(OCc2ccccc2)c(CNc2ncnc3c2ncn3C2OC(C(=O)O)C(N)C2O)c1. The van der Waals surface area contributed by atoms with Crippen LogP contribution in [0.2, 0.25) is 0 Å². The molecule has 0 radical (unpaired) electrons. The number of nitrogens with zero attached hydrogens (tertiary/aromatic N) is 4. The minimum Gasteiger partial charge on any atom is -0.489 e. The number of hydrogen-bond donors (Lipinski definition) is 4. The van der Waals surface area contributed by atoms with Gasteiger partial charge in [-0.05, 0) is 18.6 Å². The highest BCUT2D eigenvalue weighted by Gasteiger charge is 2.46. The van der Waals surface area contributed by atoms with Crippen molar-refractivity contribution in [2.24, 2.45) is 5.73 Å². The summed E-state index contributed by atoms with van der Waals surface area (Å²) in [5.41, 5.74) is 9.77. The Morgan fingerprint density at radius 3 is 2.75 bits per heavy atom. The van der Waals surface area contributed by atoms with Crippen LogP contribution in [0.25, 0.3) is 11.2 Å². The van der Waals surface area contributed by atoms with E-state index in [2.05, 4.69) is 20.3 Å². The van der Waals surface area contributed by atoms with Gasteiger partial charge in [-0.1, -0.05) is 48.0 Å². The summed E-state index contributed by atoms with van der Waals surface area (Å²) >= 11 is 0. The molecule has 0 spiro atoms. The van der Waals surface area contributed by atoms with Crippen molar-refractivity contribution >= 4 is 23.0 Å². The second kappa shape index (κ2) is 9.90. The van der Waals surface area contributed by atoms with Crippen LogP contribution in [0.3, 0.4) is 0 Å². The smallest absolute Gasteiger partial charge is 0.334 e. The second-order valence-corrected chi connectivity index (χ2v) is 8.64. The van der Waals surface area contributed by atoms with Gasteiger partial charge in [-0.3, -0.25) is 4.57 Å². The number of aliphatic carboxylic acids is 1. The number of aromatic nitrogens is 4. The van der Waals surface area contributed by atoms with Gasteiger partial charge in [0, 0.05) is 12.1 Å². The number of carboxylic acid groups (broad SMARTS) is 1. The number of aliphatic hydroxyl groups excluding tert-OH is 1. The number of rotatable bonds is 8. The van der Waals surface area contributed by atoms with Crippen molar-refractivity contribution in [1.29, 1.82) is 0 Å². The first kappa shape index (κ1) is 23.7. The zero-order valence-electron chi connectivity index (χ0n) is 19.5. The number of carboxylic acids is 1. The fourth-order valence-corrected chi connectivity index (χ4v) is 4.21. The average molecular weight is 491 g/mol. The van der Waals surface area contributed by atoms with Gasteiger partial charge >= 0.3 is 5.97 Å². The fraction of sp³-hybridized carbons (Fsp3) is 0.280. The van der Waals surface area contributed by atoms with E-state index in [1.54, 1.807) is 0 Å². The van der Waals surface area contributed by atoms with Crippen molar-refractivity contribution < 1.29 is 24.5 Å². The maximum absolute atomic E-state index is 11.4. The molecule has 2 aromatic carbocycles. The average Bonchev–Trinajstić information content (AvgIpc) is 3.44. The van der Waals surface area contributed by atoms with E-state index >= 15 is 0 Å². The predicted molar refractivity (Wildman–Crippen MR) is 130 cm³/mol. The number of benzene rings is 2. The third kappa shape index (κ3) is 4.59. The molecule has 0 saturated carbocycles. The molecule has 11 heteroatoms. The lowest BCUT2D eigenvalue weighted by molar-refractivity contribution is -0.152. The molecule has 1 aliphatic rings. The normalized spacial score (nSPS) is 21.5. The largest absolute Gasteiger partial charge is 0.489 e. The van der Waals surface area contributed by atoms with Crippen LogP contribution < -0.4 is 15.8 Å². The number of aliphatic hydroxyl groups is 1. The quantitative estimate of drug-likeness (QED) is 0.288. The van der Waals surface area contributed by atoms with Gasteiger partial charge in [-0.15, -0.1) is 0 Å². The fourth-order valence-electron chi connectivity index (χ4n) is 4.21. The molecule has 0 aliphatic carbocycles. The van der Waals surface area contributed by atoms with Crippen LogP contribution in [0.15, 0.2) is 61.2 Å². The first-order valence-electron chi connectivity index (χ1n) is 11.4. The van der Waals surface area contributed by atoms with E-state index in [0.717, 1.165) is 22.4 Å². The summed E-state index contributed by atoms with van der Waals surface area (Å²) in [6.45, 7) is 2.87. The number of carbonyl (C=O) groups is 1. The molecule has 186 valence electrons. The third-order valence-corrected chi connectivity index (χ3v) is 6.10. The summed E-state index contributed by atoms with van der Waals surface area (Å²) in [5, 5.41) is 23.1. The molecule has 3 heterocycles. The van der Waals surface area contributed by atoms with Gasteiger partial charge in [-0.25, -0.2) is 19.7 Å². The van der Waals surface area contributed by atoms with Gasteiger partial charge in [-0.2, -0.15) is 0 Å². The van der Waals surface area contributed by atoms with Gasteiger partial charge in [0.25, 0.3) is 0 Å². The van der Waals surface area contributed by atoms with Gasteiger partial charge in [0.1, 0.15) is 24.8 Å². The van der Waals surface area contributed by atoms with Crippen LogP contribution in [0, 0.1) is 6.92 Å². The molecule has 0 bridgehead atoms. The van der Waals surface area contributed by atoms with E-state index in [4.69, 9.17) is 15.2 Å². The molecule has 0 amide bonds. The van der Waals surface area contributed by atoms with Gasteiger partial charge in [0.15, 0.2) is 29.3 Å². The van der Waals surface area contributed by atoms with Crippen molar-refractivity contribution in [2.75, 3.05) is 5.32 Å². The van der Waals surface area contributed by atoms with E-state index < -0.39 is 30.4 Å². The number of nitrogens with one attached hydrogen (secondary N) is 1. The Bertz CT molecular complexity index is 1380. The summed E-state index contributed by atoms with van der Waals surface area (Å²) in [4.78, 5) is 24.4. The van der Waals surface area contributed by atoms with E-state index in [0.29, 0.717) is 30.1 Å². The lowest BCUT2D eigenvalue weighted by Crippen LogP contribution is -2.43. The van der Waals surface area contributed by atoms with Crippen LogP contribution in [0.1, 0.15) is 22.9 Å². The molecule has 5 N–H and O–H groups in total. The first-order valence-corrected chi connectivity index (χ1v) is 11.4. The van der Waals surface area contributed by atoms with Gasteiger partial charge in [0.05, 0.1) is 12.4 Å². The third-order valence-electron chi connectivity index (χ3n) is 6.10. The molecule has 4 aromatic rings. The predicted octanol–water partition coefficient (Wildman–Crippen LogP) is 2.00. The van der Waals surface area contributed by atoms with Crippen molar-refractivity contribution in [3.63, 3.8) is 0 Å². The van der Waals surface area contributed by atoms with Crippen LogP contribution in [0.4, 0.5) is 5.82 Å². The number of aryl methyl sites for hydroxylation is 1. The van der Waals surface area contributed by atoms with E-state index in [1.807, 2.05) is 55.5 Å². The lowest BCUT2D eigenvalue weighted by atomic mass is 10.1. The molecule has 36 heavy (non-hydrogen) atoms. The zero-order chi connectivity index (χ0) is 25.2. The minimum atomic E-state index is -1.34. The monoisotopic (exact) mass is 490 g/mol. The first-order chi connectivity index (χ1) is 17.4. The Balaban J connectivity index is 1.36. The van der Waals surface area contributed by atoms with Crippen molar-refractivity contribution in [1.82, 2.24) is 19.5 Å². The Labute approximate surface area is 206 Å². The summed E-state index contributed by atoms with van der Waals surface area (Å²) in [7, 11) is 0. The van der Waals surface area contributed by atoms with Gasteiger partial charge in [0.2, 0.25) is 0 Å². The summed E-state index contributed by atoms with van der Waals surface area (Å²) in [6.07, 6.45) is -0.828. The Morgan fingerprint density at radius 1 is 1.19 bits per heavy atom. The summed E-state index contributed by atoms with van der Waals surface area (Å²) in [5.74, 6) is -0.0151. The maximum Gasteiger partial charge on any atom is 0.334 e. The molecule has 1 fully saturated rings. The van der Waals surface area contributed by atoms with Crippen LogP contribution in [-0.2, 0) is 22.7 Å². The lowest BCUT2D eigenvalue weighted by Gasteiger charge is -2.17. The number of nitrogens with two attached hydrogens (primary N) is 1. The Hall–Kier alpha value is -4.06. The minimum absolute atomic E-state index is 0.375. The Morgan fingerprint density at radius 2 is 2.00 bits per heavy atom. The molecule has 4 unspecified atom stereocenters. The molecule has 5 rings (SSSR count). The number of imidazole rings is 1. The molecular formula is C25H26N6O5. The second-order valence-electron chi connectivity index (χ2n) is 8.64. The molecule has 1 aliphatic heterocycles. The van der Waals surface area contributed by atoms with Crippen molar-refractivity contribution in [2.45, 2.75) is 44.6 Å². The van der Waals surface area contributed by atoms with Crippen LogP contribution >= 0.6 is 0 Å². The molecule has 1 saturated heterocycles. The van der Waals surface area contributed by atoms with E-state index in [1.165, 1.54) is 17.2 Å². The summed E-state index contributed by atoms with van der Waals surface area (Å²) < 4.78 is 13.1. The van der Waals surface area contributed by atoms with Crippen LogP contribution in [-0.4, -0.2) is 54.0 Å². The summed E-state index contributed by atoms with van der Waals surface area (Å²) in [6, 6.07) is 14.8. The highest BCUT2D eigenvalue weighted by atomic mass is 16.6. The topological polar surface area (TPSA) is 158 Å². The Kier molecular flexibility index (Phi) is 6.51. The number of hydrogen-bond acceptors (Lipinski definition) is 9. The molecule has 11 nitrogen and oxygen atoms in total. The van der Waals surface area contributed by atoms with Crippen molar-refractivity contribution in [3.8, 4) is 5.75 Å². The molecule has 4 atom stereocenters. The highest BCUT2D eigenvalue weighted by molar-refractivity contribution is 5.82. The standard InChI is InChI=1S/C25H26N6O5/c1-14-7-8-17(35-11-15-5-3-2-4-6-15)16(9-14)10-27-22-19-23(29-12-28-22)31(13-30-19)24-20(32)18(26)21(36-24)25(33)34/h2-9,12-13,18,20-21,24,32H,10-11,26H2,1H3,(H,33,34)(H,27,28,29). The van der Waals surface area contributed by atoms with Crippen molar-refractivity contribution in [3.05, 3.63) is 77.9 Å². The van der Waals surface area contributed by atoms with Crippen LogP contribution in [0.5, 0.6) is 5.75 Å². The molecular weight excluding hydrogens is 464 g/mol. The highest BCUT2D eigenvalue weighted by Crippen LogP contribution is 2.32. The molecule has 2 aromatic heterocycles. The number of ether oxygens (including phenoxy) is 2. The zero-order valence-corrected chi connectivity index (χ0v) is 19.5. The number of fused-ring (bicyclic) bond motifs is 1. The van der Waals surface area contributed by atoms with E-state index in [-0.39, 0.29) is 0 Å². The van der Waals surface area contributed by atoms with Gasteiger partial charge < -0.3 is 30.7 Å². The number of anilines is 1. The maximum atomic E-state index is 11.4.